The minimum Gasteiger partial charge on any atom is -0.669 e. The highest BCUT2D eigenvalue weighted by molar-refractivity contribution is 6.59. The van der Waals surface area contributed by atoms with Crippen molar-refractivity contribution in [3.8, 4) is 11.5 Å². The van der Waals surface area contributed by atoms with Gasteiger partial charge in [0.25, 0.3) is 0 Å². The minimum atomic E-state index is -3.11. The fourth-order valence-electron chi connectivity index (χ4n) is 3.80. The van der Waals surface area contributed by atoms with Crippen LogP contribution in [0.4, 0.5) is 4.39 Å². The Kier molecular flexibility index (Phi) is 4.68. The van der Waals surface area contributed by atoms with Crippen LogP contribution >= 0.6 is 0 Å². The first-order chi connectivity index (χ1) is 13.2. The molecule has 2 saturated heterocycles. The number of nitrogens with one attached hydrogen (secondary N) is 1. The van der Waals surface area contributed by atoms with Crippen molar-refractivity contribution in [2.75, 3.05) is 19.6 Å². The number of carbonyl (C=O) groups is 2. The van der Waals surface area contributed by atoms with Crippen LogP contribution in [0.3, 0.4) is 0 Å². The Balaban J connectivity index is 1.45. The van der Waals surface area contributed by atoms with E-state index in [1.807, 2.05) is 0 Å². The first kappa shape index (κ1) is 19.0. The lowest BCUT2D eigenvalue weighted by Gasteiger charge is -2.41. The maximum absolute atomic E-state index is 13.2. The van der Waals surface area contributed by atoms with Crippen LogP contribution in [0.5, 0.6) is 11.5 Å². The van der Waals surface area contributed by atoms with Gasteiger partial charge in [-0.15, -0.1) is 0 Å². The van der Waals surface area contributed by atoms with Crippen LogP contribution in [0.15, 0.2) is 12.1 Å². The molecule has 0 aromatic heterocycles. The van der Waals surface area contributed by atoms with Crippen molar-refractivity contribution < 1.29 is 38.5 Å². The van der Waals surface area contributed by atoms with Gasteiger partial charge < -0.3 is 34.8 Å². The monoisotopic (exact) mass is 395 g/mol. The number of likely N-dealkylation sites (tertiary alicyclic amines) is 1. The van der Waals surface area contributed by atoms with Crippen molar-refractivity contribution in [2.45, 2.75) is 37.5 Å². The number of hydrogen-bond acceptors (Lipinski definition) is 7. The van der Waals surface area contributed by atoms with E-state index in [2.05, 4.69) is 5.32 Å². The highest BCUT2D eigenvalue weighted by Crippen LogP contribution is 2.39. The molecule has 9 nitrogen and oxygen atoms in total. The van der Waals surface area contributed by atoms with Gasteiger partial charge >= 0.3 is 12.7 Å². The van der Waals surface area contributed by atoms with Gasteiger partial charge in [0.1, 0.15) is 23.6 Å². The first-order valence-electron chi connectivity index (χ1n) is 9.25. The lowest BCUT2D eigenvalue weighted by atomic mass is 9.70. The van der Waals surface area contributed by atoms with Crippen molar-refractivity contribution in [1.82, 2.24) is 10.2 Å². The summed E-state index contributed by atoms with van der Waals surface area (Å²) < 4.78 is 24.1. The number of halogens is 1. The summed E-state index contributed by atoms with van der Waals surface area (Å²) in [6.07, 6.45) is -1.02. The molecule has 3 aliphatic rings. The summed E-state index contributed by atoms with van der Waals surface area (Å²) in [5.41, 5.74) is 0.290. The van der Waals surface area contributed by atoms with Gasteiger partial charge in [0.2, 0.25) is 5.91 Å². The SMILES string of the molecule is O=C(O)c1c(OC2CN(C(=O)[C@@H]3C[C@H](F)CN3)C2)ccc2c1O[B-](O)(O)CC2. The fourth-order valence-corrected chi connectivity index (χ4v) is 3.80. The van der Waals surface area contributed by atoms with Crippen LogP contribution < -0.4 is 14.7 Å². The van der Waals surface area contributed by atoms with Crippen molar-refractivity contribution in [1.29, 1.82) is 0 Å². The lowest BCUT2D eigenvalue weighted by Crippen LogP contribution is -2.59. The quantitative estimate of drug-likeness (QED) is 0.504. The topological polar surface area (TPSA) is 129 Å². The predicted molar refractivity (Wildman–Crippen MR) is 95.0 cm³/mol. The third-order valence-electron chi connectivity index (χ3n) is 5.34. The number of amides is 1. The van der Waals surface area contributed by atoms with E-state index in [1.165, 1.54) is 11.0 Å². The van der Waals surface area contributed by atoms with Gasteiger partial charge in [0, 0.05) is 13.0 Å². The molecule has 3 heterocycles. The lowest BCUT2D eigenvalue weighted by molar-refractivity contribution is -0.142. The molecule has 0 saturated carbocycles. The van der Waals surface area contributed by atoms with Gasteiger partial charge in [-0.1, -0.05) is 12.4 Å². The molecule has 152 valence electrons. The minimum absolute atomic E-state index is 0.0130. The molecule has 28 heavy (non-hydrogen) atoms. The zero-order valence-electron chi connectivity index (χ0n) is 15.0. The Morgan fingerprint density at radius 2 is 2.07 bits per heavy atom. The van der Waals surface area contributed by atoms with Crippen LogP contribution in [0.25, 0.3) is 0 Å². The molecule has 0 radical (unpaired) electrons. The van der Waals surface area contributed by atoms with Gasteiger partial charge in [-0.05, 0) is 18.1 Å². The smallest absolute Gasteiger partial charge is 0.430 e. The van der Waals surface area contributed by atoms with E-state index in [-0.39, 0.29) is 61.8 Å². The van der Waals surface area contributed by atoms with Crippen LogP contribution in [0.2, 0.25) is 6.32 Å². The van der Waals surface area contributed by atoms with E-state index in [9.17, 15) is 29.1 Å². The summed E-state index contributed by atoms with van der Waals surface area (Å²) >= 11 is 0. The maximum atomic E-state index is 13.2. The van der Waals surface area contributed by atoms with Gasteiger partial charge in [0.15, 0.2) is 0 Å². The molecule has 4 rings (SSSR count). The molecule has 0 unspecified atom stereocenters. The molecular formula is C17H21BFN2O7-. The molecule has 1 aromatic rings. The molecule has 2 fully saturated rings. The van der Waals surface area contributed by atoms with Gasteiger partial charge in [-0.3, -0.25) is 4.79 Å². The average Bonchev–Trinajstić information content (AvgIpc) is 3.02. The molecule has 4 N–H and O–H groups in total. The number of rotatable bonds is 4. The maximum Gasteiger partial charge on any atom is 0.430 e. The van der Waals surface area contributed by atoms with Crippen LogP contribution in [-0.4, -0.2) is 76.6 Å². The molecule has 2 atom stereocenters. The van der Waals surface area contributed by atoms with E-state index in [0.29, 0.717) is 5.56 Å². The van der Waals surface area contributed by atoms with Crippen molar-refractivity contribution >= 4 is 18.6 Å². The second-order valence-corrected chi connectivity index (χ2v) is 7.52. The second-order valence-electron chi connectivity index (χ2n) is 7.52. The summed E-state index contributed by atoms with van der Waals surface area (Å²) in [7, 11) is 0. The number of carbonyl (C=O) groups excluding carboxylic acids is 1. The standard InChI is InChI=1S/C17H21BFN2O7/c19-10-5-12(20-6-10)16(22)21-7-11(8-21)27-13-2-1-9-3-4-18(25,26)28-15(9)14(13)17(23)24/h1-2,10-12,20,25-26H,3-8H2,(H,23,24)/q-1/t10-,12-/m0/s1. The summed E-state index contributed by atoms with van der Waals surface area (Å²) in [6, 6.07) is 2.61. The molecule has 1 aromatic carbocycles. The number of alkyl halides is 1. The number of benzene rings is 1. The number of hydrogen-bond donors (Lipinski definition) is 4. The second kappa shape index (κ2) is 6.91. The van der Waals surface area contributed by atoms with Crippen molar-refractivity contribution in [2.24, 2.45) is 0 Å². The number of ether oxygens (including phenoxy) is 1. The number of aromatic carboxylic acids is 1. The number of fused-ring (bicyclic) bond motifs is 1. The molecular weight excluding hydrogens is 374 g/mol. The first-order valence-corrected chi connectivity index (χ1v) is 9.25. The third kappa shape index (κ3) is 3.52. The average molecular weight is 395 g/mol. The number of aryl methyl sites for hydroxylation is 1. The Bertz CT molecular complexity index is 815. The largest absolute Gasteiger partial charge is 0.669 e. The number of carboxylic acids is 1. The normalized spacial score (nSPS) is 26.2. The molecule has 3 aliphatic heterocycles. The number of nitrogens with zero attached hydrogens (tertiary/aromatic N) is 1. The summed E-state index contributed by atoms with van der Waals surface area (Å²) in [5, 5.41) is 31.9. The van der Waals surface area contributed by atoms with Gasteiger partial charge in [-0.25, -0.2) is 9.18 Å². The van der Waals surface area contributed by atoms with E-state index < -0.39 is 31.0 Å². The Hall–Kier alpha value is -2.37. The Labute approximate surface area is 160 Å². The van der Waals surface area contributed by atoms with E-state index in [0.717, 1.165) is 0 Å². The van der Waals surface area contributed by atoms with Gasteiger partial charge in [0.05, 0.1) is 24.9 Å². The Morgan fingerprint density at radius 3 is 2.71 bits per heavy atom. The zero-order valence-corrected chi connectivity index (χ0v) is 15.0. The molecule has 11 heteroatoms. The van der Waals surface area contributed by atoms with Crippen LogP contribution in [-0.2, 0) is 11.2 Å². The van der Waals surface area contributed by atoms with E-state index in [1.54, 1.807) is 6.07 Å². The third-order valence-corrected chi connectivity index (χ3v) is 5.34. The van der Waals surface area contributed by atoms with Gasteiger partial charge in [-0.2, -0.15) is 0 Å². The molecule has 0 bridgehead atoms. The zero-order chi connectivity index (χ0) is 20.1. The molecule has 0 spiro atoms. The van der Waals surface area contributed by atoms with Crippen molar-refractivity contribution in [3.63, 3.8) is 0 Å². The number of carboxylic acid groups (broad SMARTS) is 1. The predicted octanol–water partition coefficient (Wildman–Crippen LogP) is -0.467. The highest BCUT2D eigenvalue weighted by Gasteiger charge is 2.40. The van der Waals surface area contributed by atoms with Crippen LogP contribution in [0.1, 0.15) is 22.3 Å². The van der Waals surface area contributed by atoms with E-state index in [4.69, 9.17) is 9.39 Å². The summed E-state index contributed by atoms with van der Waals surface area (Å²) in [5.74, 6) is -1.56. The van der Waals surface area contributed by atoms with Crippen molar-refractivity contribution in [3.05, 3.63) is 23.3 Å². The van der Waals surface area contributed by atoms with E-state index >= 15 is 0 Å². The molecule has 1 amide bonds. The Morgan fingerprint density at radius 1 is 1.32 bits per heavy atom. The highest BCUT2D eigenvalue weighted by atomic mass is 19.1. The van der Waals surface area contributed by atoms with Crippen LogP contribution in [0, 0.1) is 0 Å². The summed E-state index contributed by atoms with van der Waals surface area (Å²) in [4.78, 5) is 25.6. The fraction of sp³-hybridized carbons (Fsp3) is 0.529. The summed E-state index contributed by atoms with van der Waals surface area (Å²) in [6.45, 7) is -2.42. The molecule has 0 aliphatic carbocycles.